The minimum absolute atomic E-state index is 0.150. The molecule has 7 nitrogen and oxygen atoms in total. The number of carbonyl (C=O) groups is 2. The molecule has 8 rings (SSSR count). The van der Waals surface area contributed by atoms with Gasteiger partial charge < -0.3 is 24.0 Å². The summed E-state index contributed by atoms with van der Waals surface area (Å²) in [7, 11) is 3.38. The quantitative estimate of drug-likeness (QED) is 0.279. The van der Waals surface area contributed by atoms with Crippen LogP contribution in [0.1, 0.15) is 124 Å². The van der Waals surface area contributed by atoms with Gasteiger partial charge in [0, 0.05) is 27.1 Å². The van der Waals surface area contributed by atoms with Crippen molar-refractivity contribution in [3.8, 4) is 0 Å². The van der Waals surface area contributed by atoms with Gasteiger partial charge in [-0.2, -0.15) is 0 Å². The molecule has 8 fully saturated rings. The lowest BCUT2D eigenvalue weighted by Gasteiger charge is -2.60. The van der Waals surface area contributed by atoms with E-state index in [-0.39, 0.29) is 17.8 Å². The normalized spacial score (nSPS) is 46.7. The van der Waals surface area contributed by atoms with E-state index in [9.17, 15) is 9.59 Å². The van der Waals surface area contributed by atoms with Gasteiger partial charge in [-0.05, 0) is 135 Å². The Morgan fingerprint density at radius 1 is 0.957 bits per heavy atom. The fraction of sp³-hybridized carbons (Fsp3) is 0.949. The molecule has 2 saturated heterocycles. The lowest BCUT2D eigenvalue weighted by molar-refractivity contribution is -0.244. The van der Waals surface area contributed by atoms with E-state index >= 15 is 0 Å². The third-order valence-corrected chi connectivity index (χ3v) is 15.3. The predicted octanol–water partition coefficient (Wildman–Crippen LogP) is 7.07. The molecule has 2 aliphatic heterocycles. The van der Waals surface area contributed by atoms with Crippen LogP contribution in [0.15, 0.2) is 0 Å². The summed E-state index contributed by atoms with van der Waals surface area (Å²) in [6.45, 7) is 12.0. The summed E-state index contributed by atoms with van der Waals surface area (Å²) in [5.41, 5.74) is 1.79. The van der Waals surface area contributed by atoms with Gasteiger partial charge in [-0.1, -0.05) is 34.1 Å². The highest BCUT2D eigenvalue weighted by Gasteiger charge is 2.80. The van der Waals surface area contributed by atoms with Gasteiger partial charge in [0.05, 0.1) is 31.5 Å². The van der Waals surface area contributed by atoms with Gasteiger partial charge in [-0.15, -0.1) is 0 Å². The lowest BCUT2D eigenvalue weighted by atomic mass is 9.46. The maximum absolute atomic E-state index is 12.8. The van der Waals surface area contributed by atoms with E-state index in [4.69, 9.17) is 14.2 Å². The number of fused-ring (bicyclic) bond motifs is 4. The highest BCUT2D eigenvalue weighted by atomic mass is 16.7. The van der Waals surface area contributed by atoms with Crippen molar-refractivity contribution in [2.75, 3.05) is 33.8 Å². The largest absolute Gasteiger partial charge is 0.375 e. The second kappa shape index (κ2) is 12.3. The van der Waals surface area contributed by atoms with Gasteiger partial charge in [-0.25, -0.2) is 0 Å². The number of hydrogen-bond acceptors (Lipinski definition) is 5. The standard InChI is InChI=1S/C36H57NO4.C3H7NO/c1-5-6-24-9-10-26-28(40-24)20-27-25-11-12-29-33(2,3)30(13-14-36(29)22-35(25,36)16-15-34(26,27)4)41-32-21-37(17-18-39-32)31(38)19-23-7-8-23;1-4(2)3-5/h23-30,32H,5-22H2,1-4H3;3H,1-2H3. The zero-order chi connectivity index (χ0) is 32.5. The SMILES string of the molecule is CCCC1CCC2C(CC3C4CCC5C(C)(C)C(OC6CN(C(=O)CC7CC7)CCO6)CCC56CC46CCC23C)O1.CN(C)C=O. The average Bonchev–Trinajstić information content (AvgIpc) is 3.94. The average molecular weight is 641 g/mol. The van der Waals surface area contributed by atoms with Crippen LogP contribution >= 0.6 is 0 Å². The summed E-state index contributed by atoms with van der Waals surface area (Å²) in [4.78, 5) is 25.7. The summed E-state index contributed by atoms with van der Waals surface area (Å²) in [6, 6.07) is 0. The summed E-state index contributed by atoms with van der Waals surface area (Å²) < 4.78 is 19.8. The van der Waals surface area contributed by atoms with Gasteiger partial charge in [0.25, 0.3) is 0 Å². The van der Waals surface area contributed by atoms with Crippen LogP contribution in [0.5, 0.6) is 0 Å². The van der Waals surface area contributed by atoms with Crippen LogP contribution in [0, 0.1) is 51.2 Å². The van der Waals surface area contributed by atoms with Crippen LogP contribution in [0.25, 0.3) is 0 Å². The van der Waals surface area contributed by atoms with E-state index in [0.717, 1.165) is 49.5 Å². The molecule has 0 aromatic heterocycles. The van der Waals surface area contributed by atoms with Crippen LogP contribution in [0.2, 0.25) is 0 Å². The van der Waals surface area contributed by atoms with Gasteiger partial charge in [-0.3, -0.25) is 9.59 Å². The number of rotatable bonds is 7. The molecule has 2 spiro atoms. The van der Waals surface area contributed by atoms with Gasteiger partial charge in [0.2, 0.25) is 12.3 Å². The third kappa shape index (κ3) is 5.49. The van der Waals surface area contributed by atoms with Crippen LogP contribution in [-0.4, -0.2) is 80.5 Å². The second-order valence-corrected chi connectivity index (χ2v) is 18.2. The van der Waals surface area contributed by atoms with Crippen LogP contribution in [0.4, 0.5) is 0 Å². The van der Waals surface area contributed by atoms with E-state index in [1.54, 1.807) is 14.1 Å². The molecule has 7 heteroatoms. The van der Waals surface area contributed by atoms with Crippen LogP contribution in [-0.2, 0) is 23.8 Å². The van der Waals surface area contributed by atoms with E-state index in [1.807, 2.05) is 4.90 Å². The Hall–Kier alpha value is -1.18. The molecule has 0 radical (unpaired) electrons. The second-order valence-electron chi connectivity index (χ2n) is 18.2. The molecule has 0 N–H and O–H groups in total. The van der Waals surface area contributed by atoms with Crippen LogP contribution < -0.4 is 0 Å². The van der Waals surface area contributed by atoms with Crippen LogP contribution in [0.3, 0.4) is 0 Å². The number of carbonyl (C=O) groups excluding carboxylic acids is 2. The van der Waals surface area contributed by atoms with E-state index in [2.05, 4.69) is 27.7 Å². The molecule has 0 aromatic rings. The fourth-order valence-electron chi connectivity index (χ4n) is 12.9. The maximum Gasteiger partial charge on any atom is 0.223 e. The molecule has 6 saturated carbocycles. The van der Waals surface area contributed by atoms with Gasteiger partial charge in [0.15, 0.2) is 6.29 Å². The first-order chi connectivity index (χ1) is 22.0. The van der Waals surface area contributed by atoms with Crippen molar-refractivity contribution in [2.45, 2.75) is 149 Å². The van der Waals surface area contributed by atoms with Crippen molar-refractivity contribution in [1.29, 1.82) is 0 Å². The molecule has 0 bridgehead atoms. The summed E-state index contributed by atoms with van der Waals surface area (Å²) in [5, 5.41) is 0. The van der Waals surface area contributed by atoms with Crippen molar-refractivity contribution >= 4 is 12.3 Å². The molecule has 11 unspecified atom stereocenters. The Kier molecular flexibility index (Phi) is 8.91. The van der Waals surface area contributed by atoms with Crippen molar-refractivity contribution in [2.24, 2.45) is 51.2 Å². The Morgan fingerprint density at radius 2 is 1.72 bits per heavy atom. The number of morpholine rings is 1. The Labute approximate surface area is 279 Å². The molecular weight excluding hydrogens is 576 g/mol. The molecule has 2 heterocycles. The zero-order valence-electron chi connectivity index (χ0n) is 29.9. The lowest BCUT2D eigenvalue weighted by Crippen LogP contribution is -2.56. The predicted molar refractivity (Wildman–Crippen MR) is 179 cm³/mol. The molecular formula is C39H64N2O5. The molecule has 260 valence electrons. The topological polar surface area (TPSA) is 68.3 Å². The fourth-order valence-corrected chi connectivity index (χ4v) is 12.9. The Balaban J connectivity index is 0.000000630. The smallest absolute Gasteiger partial charge is 0.223 e. The van der Waals surface area contributed by atoms with E-state index in [0.29, 0.717) is 53.4 Å². The van der Waals surface area contributed by atoms with Crippen molar-refractivity contribution in [1.82, 2.24) is 9.80 Å². The number of nitrogens with zero attached hydrogens (tertiary/aromatic N) is 2. The molecule has 6 aliphatic carbocycles. The Morgan fingerprint density at radius 3 is 2.43 bits per heavy atom. The van der Waals surface area contributed by atoms with Gasteiger partial charge in [0.1, 0.15) is 0 Å². The van der Waals surface area contributed by atoms with E-state index < -0.39 is 0 Å². The number of hydrogen-bond donors (Lipinski definition) is 0. The molecule has 46 heavy (non-hydrogen) atoms. The minimum atomic E-state index is -0.261. The number of amides is 2. The molecule has 2 amide bonds. The van der Waals surface area contributed by atoms with Gasteiger partial charge >= 0.3 is 0 Å². The zero-order valence-corrected chi connectivity index (χ0v) is 29.9. The Bertz CT molecular complexity index is 1140. The molecule has 0 aromatic carbocycles. The van der Waals surface area contributed by atoms with E-state index in [1.165, 1.54) is 88.4 Å². The van der Waals surface area contributed by atoms with Crippen molar-refractivity contribution in [3.05, 3.63) is 0 Å². The minimum Gasteiger partial charge on any atom is -0.375 e. The van der Waals surface area contributed by atoms with Crippen molar-refractivity contribution < 1.29 is 23.8 Å². The first-order valence-corrected chi connectivity index (χ1v) is 19.3. The first-order valence-electron chi connectivity index (χ1n) is 19.3. The van der Waals surface area contributed by atoms with Crippen molar-refractivity contribution in [3.63, 3.8) is 0 Å². The third-order valence-electron chi connectivity index (χ3n) is 15.3. The summed E-state index contributed by atoms with van der Waals surface area (Å²) in [6.07, 6.45) is 21.2. The highest BCUT2D eigenvalue weighted by molar-refractivity contribution is 5.76. The summed E-state index contributed by atoms with van der Waals surface area (Å²) >= 11 is 0. The number of ether oxygens (including phenoxy) is 3. The molecule has 8 aliphatic rings. The molecule has 11 atom stereocenters. The monoisotopic (exact) mass is 640 g/mol. The maximum atomic E-state index is 12.8. The first kappa shape index (κ1) is 33.3. The summed E-state index contributed by atoms with van der Waals surface area (Å²) in [5.74, 6) is 4.29. The highest BCUT2D eigenvalue weighted by Crippen LogP contribution is 2.87.